The second-order valence-corrected chi connectivity index (χ2v) is 5.24. The summed E-state index contributed by atoms with van der Waals surface area (Å²) < 4.78 is 18.9. The molecule has 1 aromatic carbocycles. The number of hydrogen-bond acceptors (Lipinski definition) is 2. The maximum Gasteiger partial charge on any atom is 0.127 e. The summed E-state index contributed by atoms with van der Waals surface area (Å²) in [5.74, 6) is -0.303. The van der Waals surface area contributed by atoms with E-state index in [0.29, 0.717) is 17.7 Å². The van der Waals surface area contributed by atoms with E-state index < -0.39 is 6.10 Å². The summed E-state index contributed by atoms with van der Waals surface area (Å²) in [5, 5.41) is 10.7. The van der Waals surface area contributed by atoms with Crippen LogP contribution in [-0.2, 0) is 4.74 Å². The molecule has 0 spiro atoms. The van der Waals surface area contributed by atoms with E-state index in [2.05, 4.69) is 0 Å². The molecule has 1 N–H and O–H groups in total. The summed E-state index contributed by atoms with van der Waals surface area (Å²) in [4.78, 5) is 0. The van der Waals surface area contributed by atoms with E-state index in [1.165, 1.54) is 6.07 Å². The molecule has 2 rings (SSSR count). The molecular weight excluding hydrogens is 255 g/mol. The molecule has 18 heavy (non-hydrogen) atoms. The number of ether oxygens (including phenoxy) is 1. The summed E-state index contributed by atoms with van der Waals surface area (Å²) in [5.41, 5.74) is 1.10. The van der Waals surface area contributed by atoms with Gasteiger partial charge in [0.05, 0.1) is 12.2 Å². The van der Waals surface area contributed by atoms with Crippen LogP contribution in [0.4, 0.5) is 4.39 Å². The fraction of sp³-hybridized carbons (Fsp3) is 0.571. The van der Waals surface area contributed by atoms with Crippen molar-refractivity contribution < 1.29 is 14.2 Å². The van der Waals surface area contributed by atoms with Gasteiger partial charge in [0.15, 0.2) is 0 Å². The molecule has 100 valence electrons. The Hall–Kier alpha value is -0.640. The molecule has 0 aromatic heterocycles. The number of aliphatic hydroxyl groups excluding tert-OH is 1. The van der Waals surface area contributed by atoms with Crippen molar-refractivity contribution in [2.24, 2.45) is 5.92 Å². The zero-order valence-corrected chi connectivity index (χ0v) is 11.4. The number of aryl methyl sites for hydroxylation is 1. The van der Waals surface area contributed by atoms with Gasteiger partial charge in [0.1, 0.15) is 5.82 Å². The van der Waals surface area contributed by atoms with Crippen LogP contribution in [-0.4, -0.2) is 17.8 Å². The van der Waals surface area contributed by atoms with Gasteiger partial charge in [0.25, 0.3) is 0 Å². The minimum absolute atomic E-state index is 0.0392. The molecule has 1 saturated heterocycles. The Labute approximate surface area is 112 Å². The van der Waals surface area contributed by atoms with E-state index in [0.717, 1.165) is 12.8 Å². The van der Waals surface area contributed by atoms with Crippen molar-refractivity contribution in [1.29, 1.82) is 0 Å². The number of rotatable bonds is 3. The predicted molar refractivity (Wildman–Crippen MR) is 69.2 cm³/mol. The monoisotopic (exact) mass is 272 g/mol. The predicted octanol–water partition coefficient (Wildman–Crippen LogP) is 3.64. The lowest BCUT2D eigenvalue weighted by Gasteiger charge is -2.24. The van der Waals surface area contributed by atoms with Gasteiger partial charge >= 0.3 is 0 Å². The highest BCUT2D eigenvalue weighted by Crippen LogP contribution is 2.38. The Morgan fingerprint density at radius 2 is 2.28 bits per heavy atom. The van der Waals surface area contributed by atoms with Crippen LogP contribution < -0.4 is 0 Å². The van der Waals surface area contributed by atoms with Crippen molar-refractivity contribution in [1.82, 2.24) is 0 Å². The van der Waals surface area contributed by atoms with Gasteiger partial charge in [-0.15, -0.1) is 0 Å². The van der Waals surface area contributed by atoms with Crippen molar-refractivity contribution >= 4 is 11.6 Å². The Bertz CT molecular complexity index is 436. The second kappa shape index (κ2) is 5.55. The third kappa shape index (κ3) is 2.53. The fourth-order valence-electron chi connectivity index (χ4n) is 2.58. The first-order valence-electron chi connectivity index (χ1n) is 6.29. The van der Waals surface area contributed by atoms with Gasteiger partial charge in [-0.25, -0.2) is 4.39 Å². The molecule has 3 unspecified atom stereocenters. The maximum absolute atomic E-state index is 13.4. The lowest BCUT2D eigenvalue weighted by Crippen LogP contribution is -2.22. The van der Waals surface area contributed by atoms with Crippen molar-refractivity contribution in [3.63, 3.8) is 0 Å². The molecular formula is C14H18ClFO2. The molecule has 0 saturated carbocycles. The molecule has 3 atom stereocenters. The molecule has 1 aliphatic heterocycles. The van der Waals surface area contributed by atoms with Crippen molar-refractivity contribution in [2.45, 2.75) is 38.9 Å². The number of hydrogen-bond donors (Lipinski definition) is 1. The van der Waals surface area contributed by atoms with Crippen LogP contribution in [0.3, 0.4) is 0 Å². The van der Waals surface area contributed by atoms with E-state index in [9.17, 15) is 9.50 Å². The zero-order chi connectivity index (χ0) is 13.3. The SMILES string of the molecule is CCC1OCCC1C(O)c1cc(C)c(F)cc1Cl. The van der Waals surface area contributed by atoms with Crippen LogP contribution in [0.2, 0.25) is 5.02 Å². The summed E-state index contributed by atoms with van der Waals surface area (Å²) in [7, 11) is 0. The normalized spacial score (nSPS) is 25.4. The molecule has 0 aliphatic carbocycles. The highest BCUT2D eigenvalue weighted by Gasteiger charge is 2.34. The molecule has 1 aliphatic rings. The average Bonchev–Trinajstić information content (AvgIpc) is 2.81. The first-order chi connectivity index (χ1) is 8.54. The van der Waals surface area contributed by atoms with Gasteiger partial charge in [-0.05, 0) is 43.0 Å². The van der Waals surface area contributed by atoms with Gasteiger partial charge in [-0.1, -0.05) is 18.5 Å². The first kappa shape index (κ1) is 13.8. The number of aliphatic hydroxyl groups is 1. The largest absolute Gasteiger partial charge is 0.388 e. The Kier molecular flexibility index (Phi) is 4.25. The standard InChI is InChI=1S/C14H18ClFO2/c1-3-13-9(4-5-18-13)14(17)10-6-8(2)12(16)7-11(10)15/h6-7,9,13-14,17H,3-5H2,1-2H3. The topological polar surface area (TPSA) is 29.5 Å². The molecule has 4 heteroatoms. The van der Waals surface area contributed by atoms with Gasteiger partial charge in [-0.3, -0.25) is 0 Å². The Balaban J connectivity index is 2.28. The molecule has 0 amide bonds. The van der Waals surface area contributed by atoms with E-state index in [-0.39, 0.29) is 22.9 Å². The average molecular weight is 273 g/mol. The van der Waals surface area contributed by atoms with Crippen molar-refractivity contribution in [2.75, 3.05) is 6.61 Å². The molecule has 1 aromatic rings. The molecule has 0 bridgehead atoms. The highest BCUT2D eigenvalue weighted by molar-refractivity contribution is 6.31. The molecule has 0 radical (unpaired) electrons. The third-order valence-electron chi connectivity index (χ3n) is 3.67. The maximum atomic E-state index is 13.4. The summed E-state index contributed by atoms with van der Waals surface area (Å²) in [6.45, 7) is 4.37. The molecule has 1 fully saturated rings. The smallest absolute Gasteiger partial charge is 0.127 e. The summed E-state index contributed by atoms with van der Waals surface area (Å²) in [6, 6.07) is 2.90. The number of halogens is 2. The van der Waals surface area contributed by atoms with Gasteiger partial charge in [0, 0.05) is 17.5 Å². The van der Waals surface area contributed by atoms with Crippen LogP contribution in [0.15, 0.2) is 12.1 Å². The third-order valence-corrected chi connectivity index (χ3v) is 3.99. The van der Waals surface area contributed by atoms with Crippen LogP contribution in [0.1, 0.15) is 37.0 Å². The molecule has 2 nitrogen and oxygen atoms in total. The lowest BCUT2D eigenvalue weighted by molar-refractivity contribution is 0.0307. The zero-order valence-electron chi connectivity index (χ0n) is 10.6. The van der Waals surface area contributed by atoms with Crippen molar-refractivity contribution in [3.8, 4) is 0 Å². The Morgan fingerprint density at radius 1 is 1.56 bits per heavy atom. The van der Waals surface area contributed by atoms with Crippen LogP contribution in [0.25, 0.3) is 0 Å². The fourth-order valence-corrected chi connectivity index (χ4v) is 2.85. The quantitative estimate of drug-likeness (QED) is 0.910. The minimum Gasteiger partial charge on any atom is -0.388 e. The first-order valence-corrected chi connectivity index (χ1v) is 6.67. The van der Waals surface area contributed by atoms with E-state index >= 15 is 0 Å². The van der Waals surface area contributed by atoms with E-state index in [4.69, 9.17) is 16.3 Å². The summed E-state index contributed by atoms with van der Waals surface area (Å²) >= 11 is 6.02. The van der Waals surface area contributed by atoms with Crippen LogP contribution >= 0.6 is 11.6 Å². The van der Waals surface area contributed by atoms with Gasteiger partial charge < -0.3 is 9.84 Å². The van der Waals surface area contributed by atoms with Crippen LogP contribution in [0.5, 0.6) is 0 Å². The van der Waals surface area contributed by atoms with Crippen LogP contribution in [0, 0.1) is 18.7 Å². The van der Waals surface area contributed by atoms with Crippen molar-refractivity contribution in [3.05, 3.63) is 34.1 Å². The summed E-state index contributed by atoms with van der Waals surface area (Å²) in [6.07, 6.45) is 1.04. The van der Waals surface area contributed by atoms with Gasteiger partial charge in [0.2, 0.25) is 0 Å². The minimum atomic E-state index is -0.691. The highest BCUT2D eigenvalue weighted by atomic mass is 35.5. The lowest BCUT2D eigenvalue weighted by atomic mass is 9.88. The Morgan fingerprint density at radius 3 is 2.94 bits per heavy atom. The van der Waals surface area contributed by atoms with Gasteiger partial charge in [-0.2, -0.15) is 0 Å². The van der Waals surface area contributed by atoms with E-state index in [1.807, 2.05) is 6.92 Å². The van der Waals surface area contributed by atoms with E-state index in [1.54, 1.807) is 13.0 Å². The second-order valence-electron chi connectivity index (χ2n) is 4.84. The number of benzene rings is 1. The molecule has 1 heterocycles.